The van der Waals surface area contributed by atoms with Gasteiger partial charge in [0.05, 0.1) is 0 Å². The highest BCUT2D eigenvalue weighted by atomic mass is 19.1. The van der Waals surface area contributed by atoms with Crippen molar-refractivity contribution in [3.05, 3.63) is 30.1 Å². The summed E-state index contributed by atoms with van der Waals surface area (Å²) in [5.74, 6) is 0.293. The van der Waals surface area contributed by atoms with Crippen LogP contribution in [0.25, 0.3) is 0 Å². The Labute approximate surface area is 106 Å². The lowest BCUT2D eigenvalue weighted by Crippen LogP contribution is -2.18. The molecular weight excluding hydrogens is 233 g/mol. The van der Waals surface area contributed by atoms with Crippen LogP contribution in [-0.2, 0) is 9.53 Å². The Kier molecular flexibility index (Phi) is 4.70. The molecule has 0 spiro atoms. The molecule has 3 nitrogen and oxygen atoms in total. The Bertz CT molecular complexity index is 385. The fraction of sp³-hybridized carbons (Fsp3) is 0.500. The zero-order valence-corrected chi connectivity index (χ0v) is 10.3. The summed E-state index contributed by atoms with van der Waals surface area (Å²) in [4.78, 5) is 11.7. The summed E-state index contributed by atoms with van der Waals surface area (Å²) in [6.07, 6.45) is 3.51. The van der Waals surface area contributed by atoms with Gasteiger partial charge in [0.2, 0.25) is 5.91 Å². The van der Waals surface area contributed by atoms with Crippen molar-refractivity contribution in [2.45, 2.75) is 25.7 Å². The third-order valence-corrected chi connectivity index (χ3v) is 3.25. The minimum Gasteiger partial charge on any atom is -0.381 e. The minimum absolute atomic E-state index is 0.00639. The molecule has 0 atom stereocenters. The van der Waals surface area contributed by atoms with Gasteiger partial charge in [-0.05, 0) is 49.4 Å². The highest BCUT2D eigenvalue weighted by Crippen LogP contribution is 2.20. The van der Waals surface area contributed by atoms with Gasteiger partial charge in [0.15, 0.2) is 0 Å². The van der Waals surface area contributed by atoms with Crippen LogP contribution in [0.3, 0.4) is 0 Å². The SMILES string of the molecule is O=C(CCC1CCOCC1)Nc1ccc(F)cc1. The molecule has 1 heterocycles. The predicted molar refractivity (Wildman–Crippen MR) is 67.8 cm³/mol. The topological polar surface area (TPSA) is 38.3 Å². The third kappa shape index (κ3) is 4.11. The van der Waals surface area contributed by atoms with Crippen molar-refractivity contribution in [1.82, 2.24) is 0 Å². The van der Waals surface area contributed by atoms with E-state index in [2.05, 4.69) is 5.32 Å². The average Bonchev–Trinajstić information content (AvgIpc) is 2.40. The second-order valence-electron chi connectivity index (χ2n) is 4.65. The fourth-order valence-corrected chi connectivity index (χ4v) is 2.13. The van der Waals surface area contributed by atoms with Crippen LogP contribution in [0.2, 0.25) is 0 Å². The quantitative estimate of drug-likeness (QED) is 0.893. The summed E-state index contributed by atoms with van der Waals surface area (Å²) in [7, 11) is 0. The smallest absolute Gasteiger partial charge is 0.224 e. The molecule has 1 saturated heterocycles. The lowest BCUT2D eigenvalue weighted by Gasteiger charge is -2.21. The number of rotatable bonds is 4. The van der Waals surface area contributed by atoms with Crippen molar-refractivity contribution in [2.24, 2.45) is 5.92 Å². The summed E-state index contributed by atoms with van der Waals surface area (Å²) in [6, 6.07) is 5.82. The first-order valence-electron chi connectivity index (χ1n) is 6.37. The number of benzene rings is 1. The number of nitrogens with one attached hydrogen (secondary N) is 1. The van der Waals surface area contributed by atoms with Gasteiger partial charge in [-0.2, -0.15) is 0 Å². The minimum atomic E-state index is -0.296. The van der Waals surface area contributed by atoms with Crippen LogP contribution >= 0.6 is 0 Å². The molecule has 1 fully saturated rings. The van der Waals surface area contributed by atoms with Gasteiger partial charge >= 0.3 is 0 Å². The van der Waals surface area contributed by atoms with Crippen LogP contribution in [0.5, 0.6) is 0 Å². The molecule has 1 aliphatic heterocycles. The number of anilines is 1. The number of carbonyl (C=O) groups excluding carboxylic acids is 1. The van der Waals surface area contributed by atoms with Crippen molar-refractivity contribution < 1.29 is 13.9 Å². The molecule has 0 radical (unpaired) electrons. The second kappa shape index (κ2) is 6.50. The Morgan fingerprint density at radius 1 is 1.28 bits per heavy atom. The molecular formula is C14H18FNO2. The second-order valence-corrected chi connectivity index (χ2v) is 4.65. The molecule has 1 aromatic rings. The van der Waals surface area contributed by atoms with E-state index in [0.717, 1.165) is 32.5 Å². The molecule has 0 unspecified atom stereocenters. The number of halogens is 1. The van der Waals surface area contributed by atoms with E-state index in [1.165, 1.54) is 12.1 Å². The number of hydrogen-bond acceptors (Lipinski definition) is 2. The monoisotopic (exact) mass is 251 g/mol. The Balaban J connectivity index is 1.73. The normalized spacial score (nSPS) is 16.5. The van der Waals surface area contributed by atoms with Gasteiger partial charge in [0, 0.05) is 25.3 Å². The van der Waals surface area contributed by atoms with E-state index < -0.39 is 0 Å². The molecule has 1 N–H and O–H groups in total. The van der Waals surface area contributed by atoms with Gasteiger partial charge in [-0.25, -0.2) is 4.39 Å². The maximum absolute atomic E-state index is 12.7. The van der Waals surface area contributed by atoms with E-state index >= 15 is 0 Å². The first kappa shape index (κ1) is 13.0. The first-order valence-corrected chi connectivity index (χ1v) is 6.37. The van der Waals surface area contributed by atoms with Gasteiger partial charge < -0.3 is 10.1 Å². The first-order chi connectivity index (χ1) is 8.74. The molecule has 0 aliphatic carbocycles. The highest BCUT2D eigenvalue weighted by Gasteiger charge is 2.15. The van der Waals surface area contributed by atoms with Crippen LogP contribution < -0.4 is 5.32 Å². The molecule has 18 heavy (non-hydrogen) atoms. The Hall–Kier alpha value is -1.42. The van der Waals surface area contributed by atoms with Crippen LogP contribution in [-0.4, -0.2) is 19.1 Å². The lowest BCUT2D eigenvalue weighted by molar-refractivity contribution is -0.116. The zero-order chi connectivity index (χ0) is 12.8. The predicted octanol–water partition coefficient (Wildman–Crippen LogP) is 2.97. The van der Waals surface area contributed by atoms with Gasteiger partial charge in [0.1, 0.15) is 5.82 Å². The van der Waals surface area contributed by atoms with Crippen LogP contribution in [0.4, 0.5) is 10.1 Å². The van der Waals surface area contributed by atoms with Crippen molar-refractivity contribution in [3.63, 3.8) is 0 Å². The molecule has 0 saturated carbocycles. The maximum atomic E-state index is 12.7. The standard InChI is InChI=1S/C14H18FNO2/c15-12-2-4-13(5-3-12)16-14(17)6-1-11-7-9-18-10-8-11/h2-5,11H,1,6-10H2,(H,16,17). The average molecular weight is 251 g/mol. The van der Waals surface area contributed by atoms with E-state index in [0.29, 0.717) is 18.0 Å². The molecule has 1 aromatic carbocycles. The molecule has 1 aliphatic rings. The number of hydrogen-bond donors (Lipinski definition) is 1. The van der Waals surface area contributed by atoms with Crippen molar-refractivity contribution >= 4 is 11.6 Å². The van der Waals surface area contributed by atoms with E-state index in [4.69, 9.17) is 4.74 Å². The summed E-state index contributed by atoms with van der Waals surface area (Å²) in [5.41, 5.74) is 0.647. The summed E-state index contributed by atoms with van der Waals surface area (Å²) >= 11 is 0. The number of ether oxygens (including phenoxy) is 1. The van der Waals surface area contributed by atoms with Crippen molar-refractivity contribution in [3.8, 4) is 0 Å². The Morgan fingerprint density at radius 3 is 2.61 bits per heavy atom. The number of carbonyl (C=O) groups is 1. The van der Waals surface area contributed by atoms with E-state index in [1.807, 2.05) is 0 Å². The number of amides is 1. The van der Waals surface area contributed by atoms with Gasteiger partial charge in [0.25, 0.3) is 0 Å². The summed E-state index contributed by atoms with van der Waals surface area (Å²) in [6.45, 7) is 1.62. The molecule has 4 heteroatoms. The largest absolute Gasteiger partial charge is 0.381 e. The Morgan fingerprint density at radius 2 is 1.94 bits per heavy atom. The van der Waals surface area contributed by atoms with Crippen LogP contribution in [0.15, 0.2) is 24.3 Å². The third-order valence-electron chi connectivity index (χ3n) is 3.25. The van der Waals surface area contributed by atoms with Gasteiger partial charge in [-0.15, -0.1) is 0 Å². The van der Waals surface area contributed by atoms with Crippen molar-refractivity contribution in [1.29, 1.82) is 0 Å². The van der Waals surface area contributed by atoms with Gasteiger partial charge in [-0.1, -0.05) is 0 Å². The van der Waals surface area contributed by atoms with E-state index in [-0.39, 0.29) is 11.7 Å². The van der Waals surface area contributed by atoms with Crippen LogP contribution in [0, 0.1) is 11.7 Å². The van der Waals surface area contributed by atoms with Gasteiger partial charge in [-0.3, -0.25) is 4.79 Å². The van der Waals surface area contributed by atoms with Crippen LogP contribution in [0.1, 0.15) is 25.7 Å². The summed E-state index contributed by atoms with van der Waals surface area (Å²) < 4.78 is 18.0. The lowest BCUT2D eigenvalue weighted by atomic mass is 9.95. The van der Waals surface area contributed by atoms with E-state index in [1.54, 1.807) is 12.1 Å². The fourth-order valence-electron chi connectivity index (χ4n) is 2.13. The molecule has 1 amide bonds. The highest BCUT2D eigenvalue weighted by molar-refractivity contribution is 5.90. The maximum Gasteiger partial charge on any atom is 0.224 e. The molecule has 2 rings (SSSR count). The molecule has 0 bridgehead atoms. The molecule has 98 valence electrons. The molecule has 0 aromatic heterocycles. The van der Waals surface area contributed by atoms with Crippen molar-refractivity contribution in [2.75, 3.05) is 18.5 Å². The zero-order valence-electron chi connectivity index (χ0n) is 10.3. The van der Waals surface area contributed by atoms with E-state index in [9.17, 15) is 9.18 Å². The summed E-state index contributed by atoms with van der Waals surface area (Å²) in [5, 5.41) is 2.77.